The topological polar surface area (TPSA) is 95.6 Å². The van der Waals surface area contributed by atoms with Gasteiger partial charge < -0.3 is 10.6 Å². The van der Waals surface area contributed by atoms with E-state index in [1.807, 2.05) is 24.3 Å². The zero-order valence-corrected chi connectivity index (χ0v) is 18.3. The maximum atomic E-state index is 12.9. The molecule has 2 aromatic rings. The van der Waals surface area contributed by atoms with Crippen molar-refractivity contribution in [3.8, 4) is 0 Å². The van der Waals surface area contributed by atoms with E-state index in [2.05, 4.69) is 24.5 Å². The van der Waals surface area contributed by atoms with Crippen molar-refractivity contribution in [1.82, 2.24) is 4.31 Å². The number of likely N-dealkylation sites (N-methyl/N-ethyl adjacent to an activating group) is 1. The van der Waals surface area contributed by atoms with Crippen LogP contribution in [0.4, 0.5) is 11.4 Å². The Bertz CT molecular complexity index is 1050. The SMILES string of the molecule is CC(C)c1ccc(NC(=O)CN(C)S(=O)(=O)c2ccc3c(c2)CCCC(=O)N3)cc1. The summed E-state index contributed by atoms with van der Waals surface area (Å²) < 4.78 is 26.9. The predicted molar refractivity (Wildman–Crippen MR) is 117 cm³/mol. The number of aryl methyl sites for hydroxylation is 1. The molecule has 0 spiro atoms. The lowest BCUT2D eigenvalue weighted by Crippen LogP contribution is -2.35. The number of carbonyl (C=O) groups excluding carboxylic acids is 2. The van der Waals surface area contributed by atoms with Crippen LogP contribution in [0.1, 0.15) is 43.7 Å². The number of anilines is 2. The zero-order chi connectivity index (χ0) is 21.9. The van der Waals surface area contributed by atoms with Crippen molar-refractivity contribution in [3.05, 3.63) is 53.6 Å². The average molecular weight is 430 g/mol. The monoisotopic (exact) mass is 429 g/mol. The molecule has 3 rings (SSSR count). The molecule has 0 unspecified atom stereocenters. The summed E-state index contributed by atoms with van der Waals surface area (Å²) in [4.78, 5) is 24.2. The van der Waals surface area contributed by atoms with Gasteiger partial charge in [-0.3, -0.25) is 9.59 Å². The van der Waals surface area contributed by atoms with Crippen LogP contribution in [0.3, 0.4) is 0 Å². The molecule has 160 valence electrons. The summed E-state index contributed by atoms with van der Waals surface area (Å²) >= 11 is 0. The second-order valence-corrected chi connectivity index (χ2v) is 9.85. The molecule has 30 heavy (non-hydrogen) atoms. The molecule has 2 aromatic carbocycles. The van der Waals surface area contributed by atoms with Gasteiger partial charge in [0.2, 0.25) is 21.8 Å². The Hall–Kier alpha value is -2.71. The first-order valence-electron chi connectivity index (χ1n) is 9.96. The van der Waals surface area contributed by atoms with E-state index in [0.29, 0.717) is 36.6 Å². The van der Waals surface area contributed by atoms with Crippen LogP contribution in [0.5, 0.6) is 0 Å². The van der Waals surface area contributed by atoms with Crippen LogP contribution >= 0.6 is 0 Å². The fourth-order valence-corrected chi connectivity index (χ4v) is 4.51. The molecule has 0 aliphatic carbocycles. The van der Waals surface area contributed by atoms with Gasteiger partial charge in [0.25, 0.3) is 0 Å². The van der Waals surface area contributed by atoms with Crippen LogP contribution < -0.4 is 10.6 Å². The number of hydrogen-bond acceptors (Lipinski definition) is 4. The fraction of sp³-hybridized carbons (Fsp3) is 0.364. The van der Waals surface area contributed by atoms with E-state index in [1.54, 1.807) is 12.1 Å². The van der Waals surface area contributed by atoms with Gasteiger partial charge in [0.1, 0.15) is 0 Å². The van der Waals surface area contributed by atoms with E-state index in [-0.39, 0.29) is 17.3 Å². The molecule has 0 fully saturated rings. The van der Waals surface area contributed by atoms with Gasteiger partial charge in [-0.1, -0.05) is 26.0 Å². The van der Waals surface area contributed by atoms with Crippen molar-refractivity contribution >= 4 is 33.2 Å². The molecule has 0 saturated heterocycles. The number of sulfonamides is 1. The first-order chi connectivity index (χ1) is 14.2. The molecule has 2 amide bonds. The van der Waals surface area contributed by atoms with Crippen molar-refractivity contribution in [2.45, 2.75) is 43.9 Å². The first-order valence-corrected chi connectivity index (χ1v) is 11.4. The average Bonchev–Trinajstić information content (AvgIpc) is 2.88. The van der Waals surface area contributed by atoms with E-state index >= 15 is 0 Å². The molecule has 0 radical (unpaired) electrons. The number of amides is 2. The molecule has 0 saturated carbocycles. The zero-order valence-electron chi connectivity index (χ0n) is 17.4. The molecule has 2 N–H and O–H groups in total. The van der Waals surface area contributed by atoms with E-state index < -0.39 is 15.9 Å². The van der Waals surface area contributed by atoms with Crippen LogP contribution in [0, 0.1) is 0 Å². The molecule has 1 aliphatic heterocycles. The molecule has 7 nitrogen and oxygen atoms in total. The highest BCUT2D eigenvalue weighted by Gasteiger charge is 2.25. The van der Waals surface area contributed by atoms with E-state index in [4.69, 9.17) is 0 Å². The Morgan fingerprint density at radius 2 is 1.83 bits per heavy atom. The third-order valence-corrected chi connectivity index (χ3v) is 6.94. The molecular formula is C22H27N3O4S. The third-order valence-electron chi connectivity index (χ3n) is 5.14. The fourth-order valence-electron chi connectivity index (χ4n) is 3.33. The van der Waals surface area contributed by atoms with Gasteiger partial charge >= 0.3 is 0 Å². The standard InChI is InChI=1S/C22H27N3O4S/c1-15(2)16-7-9-18(10-8-16)23-22(27)14-25(3)30(28,29)19-11-12-20-17(13-19)5-4-6-21(26)24-20/h7-13,15H,4-6,14H2,1-3H3,(H,23,27)(H,24,26). The second-order valence-electron chi connectivity index (χ2n) is 7.81. The number of nitrogens with zero attached hydrogens (tertiary/aromatic N) is 1. The Labute approximate surface area is 177 Å². The summed E-state index contributed by atoms with van der Waals surface area (Å²) in [6.45, 7) is 3.87. The molecule has 1 heterocycles. The molecule has 1 aliphatic rings. The summed E-state index contributed by atoms with van der Waals surface area (Å²) in [5, 5.41) is 5.52. The van der Waals surface area contributed by atoms with Gasteiger partial charge in [0.05, 0.1) is 11.4 Å². The van der Waals surface area contributed by atoms with Gasteiger partial charge in [0.15, 0.2) is 0 Å². The maximum absolute atomic E-state index is 12.9. The predicted octanol–water partition coefficient (Wildman–Crippen LogP) is 3.34. The van der Waals surface area contributed by atoms with Gasteiger partial charge in [-0.05, 0) is 60.2 Å². The van der Waals surface area contributed by atoms with Crippen molar-refractivity contribution in [3.63, 3.8) is 0 Å². The number of fused-ring (bicyclic) bond motifs is 1. The van der Waals surface area contributed by atoms with Crippen LogP contribution in [-0.4, -0.2) is 38.1 Å². The minimum atomic E-state index is -3.84. The number of nitrogens with one attached hydrogen (secondary N) is 2. The van der Waals surface area contributed by atoms with Gasteiger partial charge in [0, 0.05) is 24.8 Å². The van der Waals surface area contributed by atoms with Gasteiger partial charge in [-0.25, -0.2) is 8.42 Å². The highest BCUT2D eigenvalue weighted by molar-refractivity contribution is 7.89. The number of rotatable bonds is 6. The molecule has 0 bridgehead atoms. The van der Waals surface area contributed by atoms with Crippen molar-refractivity contribution in [2.24, 2.45) is 0 Å². The highest BCUT2D eigenvalue weighted by Crippen LogP contribution is 2.26. The molecule has 0 atom stereocenters. The van der Waals surface area contributed by atoms with Crippen molar-refractivity contribution in [1.29, 1.82) is 0 Å². The normalized spacial score (nSPS) is 14.2. The Kier molecular flexibility index (Phi) is 6.58. The largest absolute Gasteiger partial charge is 0.326 e. The van der Waals surface area contributed by atoms with Crippen LogP contribution in [0.2, 0.25) is 0 Å². The van der Waals surface area contributed by atoms with E-state index in [0.717, 1.165) is 15.4 Å². The van der Waals surface area contributed by atoms with Crippen LogP contribution in [-0.2, 0) is 26.0 Å². The first kappa shape index (κ1) is 22.0. The van der Waals surface area contributed by atoms with E-state index in [9.17, 15) is 18.0 Å². The lowest BCUT2D eigenvalue weighted by Gasteiger charge is -2.18. The van der Waals surface area contributed by atoms with Crippen molar-refractivity contribution in [2.75, 3.05) is 24.2 Å². The Balaban J connectivity index is 1.69. The van der Waals surface area contributed by atoms with Crippen molar-refractivity contribution < 1.29 is 18.0 Å². The number of carbonyl (C=O) groups is 2. The van der Waals surface area contributed by atoms with E-state index in [1.165, 1.54) is 13.1 Å². The summed E-state index contributed by atoms with van der Waals surface area (Å²) in [6, 6.07) is 12.1. The quantitative estimate of drug-likeness (QED) is 0.736. The number of benzene rings is 2. The third kappa shape index (κ3) is 5.06. The summed E-state index contributed by atoms with van der Waals surface area (Å²) in [6.07, 6.45) is 1.69. The van der Waals surface area contributed by atoms with Crippen LogP contribution in [0.15, 0.2) is 47.4 Å². The summed E-state index contributed by atoms with van der Waals surface area (Å²) in [7, 11) is -2.46. The van der Waals surface area contributed by atoms with Gasteiger partial charge in [-0.15, -0.1) is 0 Å². The minimum Gasteiger partial charge on any atom is -0.326 e. The molecule has 0 aromatic heterocycles. The number of hydrogen-bond donors (Lipinski definition) is 2. The Morgan fingerprint density at radius 1 is 1.13 bits per heavy atom. The highest BCUT2D eigenvalue weighted by atomic mass is 32.2. The summed E-state index contributed by atoms with van der Waals surface area (Å²) in [5.74, 6) is -0.0970. The lowest BCUT2D eigenvalue weighted by molar-refractivity contribution is -0.117. The maximum Gasteiger partial charge on any atom is 0.243 e. The van der Waals surface area contributed by atoms with Gasteiger partial charge in [-0.2, -0.15) is 4.31 Å². The molecule has 8 heteroatoms. The minimum absolute atomic E-state index is 0.0698. The Morgan fingerprint density at radius 3 is 2.50 bits per heavy atom. The molecular weight excluding hydrogens is 402 g/mol. The van der Waals surface area contributed by atoms with Crippen LogP contribution in [0.25, 0.3) is 0 Å². The lowest BCUT2D eigenvalue weighted by atomic mass is 10.0. The second kappa shape index (κ2) is 8.97. The smallest absolute Gasteiger partial charge is 0.243 e. The summed E-state index contributed by atoms with van der Waals surface area (Å²) in [5.41, 5.74) is 3.20.